The first-order chi connectivity index (χ1) is 7.65. The predicted molar refractivity (Wildman–Crippen MR) is 70.5 cm³/mol. The molecule has 2 nitrogen and oxygen atoms in total. The van der Waals surface area contributed by atoms with Gasteiger partial charge in [-0.3, -0.25) is 0 Å². The van der Waals surface area contributed by atoms with E-state index in [2.05, 4.69) is 34.6 Å². The molecule has 0 saturated heterocycles. The van der Waals surface area contributed by atoms with Gasteiger partial charge in [0.2, 0.25) is 0 Å². The zero-order valence-electron chi connectivity index (χ0n) is 9.86. The van der Waals surface area contributed by atoms with Gasteiger partial charge in [-0.25, -0.2) is 9.97 Å². The number of hydrogen-bond acceptors (Lipinski definition) is 4. The topological polar surface area (TPSA) is 25.8 Å². The van der Waals surface area contributed by atoms with Gasteiger partial charge in [-0.1, -0.05) is 13.8 Å². The summed E-state index contributed by atoms with van der Waals surface area (Å²) >= 11 is 3.52. The lowest BCUT2D eigenvalue weighted by Crippen LogP contribution is -1.93. The van der Waals surface area contributed by atoms with Gasteiger partial charge in [0.25, 0.3) is 0 Å². The molecule has 0 bridgehead atoms. The summed E-state index contributed by atoms with van der Waals surface area (Å²) in [6, 6.07) is 0. The van der Waals surface area contributed by atoms with Crippen molar-refractivity contribution in [2.24, 2.45) is 0 Å². The van der Waals surface area contributed by atoms with Crippen molar-refractivity contribution in [3.63, 3.8) is 0 Å². The third kappa shape index (κ3) is 2.89. The van der Waals surface area contributed by atoms with E-state index in [1.807, 2.05) is 6.92 Å². The number of aromatic nitrogens is 2. The van der Waals surface area contributed by atoms with Crippen LogP contribution in [0.2, 0.25) is 0 Å². The zero-order chi connectivity index (χ0) is 11.5. The monoisotopic (exact) mass is 252 g/mol. The lowest BCUT2D eigenvalue weighted by Gasteiger charge is -1.97. The molecule has 4 heteroatoms. The maximum absolute atomic E-state index is 4.63. The van der Waals surface area contributed by atoms with Crippen LogP contribution in [0, 0.1) is 6.92 Å². The summed E-state index contributed by atoms with van der Waals surface area (Å²) < 4.78 is 0. The molecule has 0 N–H and O–H groups in total. The van der Waals surface area contributed by atoms with Crippen LogP contribution in [0.5, 0.6) is 0 Å². The van der Waals surface area contributed by atoms with E-state index >= 15 is 0 Å². The first kappa shape index (κ1) is 11.7. The van der Waals surface area contributed by atoms with Crippen LogP contribution >= 0.6 is 22.7 Å². The van der Waals surface area contributed by atoms with Gasteiger partial charge < -0.3 is 0 Å². The van der Waals surface area contributed by atoms with Crippen molar-refractivity contribution in [3.8, 4) is 0 Å². The SMILES string of the molecule is Cc1csc(CCc2csc(C(C)C)n2)n1. The molecule has 0 radical (unpaired) electrons. The van der Waals surface area contributed by atoms with E-state index in [1.165, 1.54) is 15.7 Å². The molecule has 0 saturated carbocycles. The van der Waals surface area contributed by atoms with Gasteiger partial charge in [-0.2, -0.15) is 0 Å². The summed E-state index contributed by atoms with van der Waals surface area (Å²) in [6.45, 7) is 6.42. The molecule has 2 heterocycles. The lowest BCUT2D eigenvalue weighted by atomic mass is 10.2. The van der Waals surface area contributed by atoms with E-state index in [4.69, 9.17) is 0 Å². The number of thiazole rings is 2. The van der Waals surface area contributed by atoms with Crippen LogP contribution in [0.3, 0.4) is 0 Å². The maximum atomic E-state index is 4.63. The summed E-state index contributed by atoms with van der Waals surface area (Å²) in [5, 5.41) is 6.74. The van der Waals surface area contributed by atoms with E-state index < -0.39 is 0 Å². The standard InChI is InChI=1S/C12H16N2S2/c1-8(2)12-14-10(7-16-12)4-5-11-13-9(3)6-15-11/h6-8H,4-5H2,1-3H3. The molecular weight excluding hydrogens is 236 g/mol. The molecule has 0 atom stereocenters. The highest BCUT2D eigenvalue weighted by molar-refractivity contribution is 7.10. The molecule has 0 aromatic carbocycles. The Balaban J connectivity index is 1.94. The van der Waals surface area contributed by atoms with Crippen molar-refractivity contribution in [2.45, 2.75) is 39.5 Å². The number of hydrogen-bond donors (Lipinski definition) is 0. The molecule has 16 heavy (non-hydrogen) atoms. The van der Waals surface area contributed by atoms with Crippen LogP contribution in [0.4, 0.5) is 0 Å². The molecular formula is C12H16N2S2. The Morgan fingerprint density at radius 2 is 1.94 bits per heavy atom. The third-order valence-corrected chi connectivity index (χ3v) is 4.55. The summed E-state index contributed by atoms with van der Waals surface area (Å²) in [5.74, 6) is 0.542. The molecule has 2 aromatic heterocycles. The van der Waals surface area contributed by atoms with Crippen molar-refractivity contribution >= 4 is 22.7 Å². The van der Waals surface area contributed by atoms with Crippen LogP contribution in [-0.2, 0) is 12.8 Å². The Morgan fingerprint density at radius 1 is 1.12 bits per heavy atom. The van der Waals surface area contributed by atoms with Crippen molar-refractivity contribution in [3.05, 3.63) is 32.2 Å². The van der Waals surface area contributed by atoms with E-state index in [0.717, 1.165) is 18.5 Å². The van der Waals surface area contributed by atoms with E-state index in [0.29, 0.717) is 5.92 Å². The van der Waals surface area contributed by atoms with Gasteiger partial charge in [0.1, 0.15) is 0 Å². The van der Waals surface area contributed by atoms with Crippen LogP contribution in [0.15, 0.2) is 10.8 Å². The summed E-state index contributed by atoms with van der Waals surface area (Å²) in [5.41, 5.74) is 2.34. The third-order valence-electron chi connectivity index (χ3n) is 2.32. The molecule has 2 aromatic rings. The first-order valence-electron chi connectivity index (χ1n) is 5.50. The first-order valence-corrected chi connectivity index (χ1v) is 7.26. The maximum Gasteiger partial charge on any atom is 0.0953 e. The second-order valence-corrected chi connectivity index (χ2v) is 6.05. The van der Waals surface area contributed by atoms with E-state index in [1.54, 1.807) is 22.7 Å². The van der Waals surface area contributed by atoms with Crippen LogP contribution < -0.4 is 0 Å². The Bertz CT molecular complexity index is 457. The van der Waals surface area contributed by atoms with Crippen molar-refractivity contribution < 1.29 is 0 Å². The van der Waals surface area contributed by atoms with Crippen molar-refractivity contribution in [2.75, 3.05) is 0 Å². The normalized spacial score (nSPS) is 11.2. The fourth-order valence-corrected chi connectivity index (χ4v) is 3.10. The van der Waals surface area contributed by atoms with Gasteiger partial charge in [0.15, 0.2) is 0 Å². The van der Waals surface area contributed by atoms with Gasteiger partial charge in [-0.05, 0) is 13.3 Å². The summed E-state index contributed by atoms with van der Waals surface area (Å²) in [4.78, 5) is 9.09. The minimum atomic E-state index is 0.542. The minimum absolute atomic E-state index is 0.542. The van der Waals surface area contributed by atoms with Gasteiger partial charge in [-0.15, -0.1) is 22.7 Å². The number of nitrogens with zero attached hydrogens (tertiary/aromatic N) is 2. The number of rotatable bonds is 4. The second-order valence-electron chi connectivity index (χ2n) is 4.21. The quantitative estimate of drug-likeness (QED) is 0.826. The van der Waals surface area contributed by atoms with Crippen LogP contribution in [-0.4, -0.2) is 9.97 Å². The molecule has 2 rings (SSSR count). The average Bonchev–Trinajstić information content (AvgIpc) is 2.83. The molecule has 0 aliphatic heterocycles. The highest BCUT2D eigenvalue weighted by Crippen LogP contribution is 2.20. The van der Waals surface area contributed by atoms with Gasteiger partial charge in [0, 0.05) is 28.8 Å². The Labute approximate surface area is 104 Å². The summed E-state index contributed by atoms with van der Waals surface area (Å²) in [6.07, 6.45) is 2.02. The molecule has 0 amide bonds. The second kappa shape index (κ2) is 5.06. The minimum Gasteiger partial charge on any atom is -0.247 e. The van der Waals surface area contributed by atoms with Crippen LogP contribution in [0.25, 0.3) is 0 Å². The fraction of sp³-hybridized carbons (Fsp3) is 0.500. The lowest BCUT2D eigenvalue weighted by molar-refractivity contribution is 0.827. The van der Waals surface area contributed by atoms with Gasteiger partial charge in [0.05, 0.1) is 15.7 Å². The smallest absolute Gasteiger partial charge is 0.0953 e. The van der Waals surface area contributed by atoms with Crippen molar-refractivity contribution in [1.29, 1.82) is 0 Å². The molecule has 0 aliphatic carbocycles. The largest absolute Gasteiger partial charge is 0.247 e. The molecule has 0 spiro atoms. The molecule has 0 fully saturated rings. The van der Waals surface area contributed by atoms with Crippen LogP contribution in [0.1, 0.15) is 41.2 Å². The van der Waals surface area contributed by atoms with Gasteiger partial charge >= 0.3 is 0 Å². The average molecular weight is 252 g/mol. The van der Waals surface area contributed by atoms with Crippen molar-refractivity contribution in [1.82, 2.24) is 9.97 Å². The summed E-state index contributed by atoms with van der Waals surface area (Å²) in [7, 11) is 0. The molecule has 86 valence electrons. The highest BCUT2D eigenvalue weighted by Gasteiger charge is 2.06. The number of aryl methyl sites for hydroxylation is 3. The van der Waals surface area contributed by atoms with E-state index in [9.17, 15) is 0 Å². The fourth-order valence-electron chi connectivity index (χ4n) is 1.46. The molecule has 0 unspecified atom stereocenters. The van der Waals surface area contributed by atoms with E-state index in [-0.39, 0.29) is 0 Å². The Hall–Kier alpha value is -0.740. The predicted octanol–water partition coefficient (Wildman–Crippen LogP) is 3.82. The zero-order valence-corrected chi connectivity index (χ0v) is 11.5. The Kier molecular flexibility index (Phi) is 3.71. The molecule has 0 aliphatic rings. The highest BCUT2D eigenvalue weighted by atomic mass is 32.1. The Morgan fingerprint density at radius 3 is 2.50 bits per heavy atom.